The van der Waals surface area contributed by atoms with Gasteiger partial charge in [0.2, 0.25) is 0 Å². The molecule has 4 rings (SSSR count). The molecule has 0 radical (unpaired) electrons. The zero-order valence-electron chi connectivity index (χ0n) is 20.2. The maximum Gasteiger partial charge on any atom is 0.329 e. The van der Waals surface area contributed by atoms with Crippen LogP contribution in [0.4, 0.5) is 15.9 Å². The third-order valence-electron chi connectivity index (χ3n) is 6.60. The molecule has 1 saturated heterocycles. The molecule has 1 aromatic heterocycles. The lowest BCUT2D eigenvalue weighted by molar-refractivity contribution is -0.145. The van der Waals surface area contributed by atoms with Crippen molar-refractivity contribution >= 4 is 28.5 Å². The molecule has 1 aliphatic heterocycles. The van der Waals surface area contributed by atoms with E-state index in [1.807, 2.05) is 24.3 Å². The van der Waals surface area contributed by atoms with E-state index in [2.05, 4.69) is 29.7 Å². The average molecular weight is 476 g/mol. The molecule has 1 atom stereocenters. The number of halogens is 1. The molecule has 35 heavy (non-hydrogen) atoms. The zero-order chi connectivity index (χ0) is 24.8. The molecule has 0 saturated carbocycles. The first-order valence-corrected chi connectivity index (χ1v) is 12.1. The smallest absolute Gasteiger partial charge is 0.329 e. The van der Waals surface area contributed by atoms with Crippen LogP contribution in [0.2, 0.25) is 0 Å². The van der Waals surface area contributed by atoms with Gasteiger partial charge >= 0.3 is 5.97 Å². The number of esters is 1. The van der Waals surface area contributed by atoms with Gasteiger partial charge in [0.15, 0.2) is 11.7 Å². The van der Waals surface area contributed by atoms with Crippen LogP contribution in [0.5, 0.6) is 0 Å². The predicted octanol–water partition coefficient (Wildman–Crippen LogP) is 4.68. The number of nitriles is 1. The topological polar surface area (TPSA) is 82.3 Å². The van der Waals surface area contributed by atoms with E-state index in [1.54, 1.807) is 12.1 Å². The summed E-state index contributed by atoms with van der Waals surface area (Å²) >= 11 is 0. The number of rotatable bonds is 8. The van der Waals surface area contributed by atoms with Gasteiger partial charge < -0.3 is 14.5 Å². The number of anilines is 2. The molecule has 0 unspecified atom stereocenters. The molecular weight excluding hydrogens is 445 g/mol. The Kier molecular flexibility index (Phi) is 7.76. The van der Waals surface area contributed by atoms with E-state index >= 15 is 0 Å². The minimum absolute atomic E-state index is 0.262. The van der Waals surface area contributed by atoms with Crippen molar-refractivity contribution in [2.75, 3.05) is 42.6 Å². The van der Waals surface area contributed by atoms with Crippen molar-refractivity contribution in [3.05, 3.63) is 60.0 Å². The molecule has 2 heterocycles. The number of para-hydroxylation sites is 2. The summed E-state index contributed by atoms with van der Waals surface area (Å²) < 4.78 is 18.9. The van der Waals surface area contributed by atoms with E-state index in [1.165, 1.54) is 12.1 Å². The molecule has 0 N–H and O–H groups in total. The standard InChI is InChI=1S/C27H30FN5O2/c1-3-19(4-2)18-35-27(34)22(17-29)25-26(31-24-8-6-5-7-23(24)30-25)33-15-13-32(14-16-33)21-11-9-20(28)10-12-21/h5-12,19,22H,3-4,13-16,18H2,1-2H3/t22-/m1/s1. The summed E-state index contributed by atoms with van der Waals surface area (Å²) in [5.41, 5.74) is 2.62. The fourth-order valence-electron chi connectivity index (χ4n) is 4.29. The number of fused-ring (bicyclic) bond motifs is 1. The molecule has 1 fully saturated rings. The lowest BCUT2D eigenvalue weighted by Gasteiger charge is -2.37. The van der Waals surface area contributed by atoms with Crippen molar-refractivity contribution in [3.8, 4) is 6.07 Å². The van der Waals surface area contributed by atoms with Crippen molar-refractivity contribution in [3.63, 3.8) is 0 Å². The summed E-state index contributed by atoms with van der Waals surface area (Å²) in [4.78, 5) is 26.8. The van der Waals surface area contributed by atoms with Gasteiger partial charge in [0.05, 0.1) is 23.7 Å². The van der Waals surface area contributed by atoms with Gasteiger partial charge in [-0.2, -0.15) is 5.26 Å². The highest BCUT2D eigenvalue weighted by Gasteiger charge is 2.31. The van der Waals surface area contributed by atoms with Gasteiger partial charge in [0, 0.05) is 31.9 Å². The first-order chi connectivity index (χ1) is 17.0. The van der Waals surface area contributed by atoms with Gasteiger partial charge in [-0.1, -0.05) is 38.8 Å². The van der Waals surface area contributed by atoms with Crippen molar-refractivity contribution in [1.29, 1.82) is 5.26 Å². The normalized spacial score (nSPS) is 14.7. The molecule has 2 aromatic carbocycles. The number of benzene rings is 2. The van der Waals surface area contributed by atoms with Gasteiger partial charge in [-0.15, -0.1) is 0 Å². The fraction of sp³-hybridized carbons (Fsp3) is 0.407. The summed E-state index contributed by atoms with van der Waals surface area (Å²) in [5.74, 6) is -1.21. The highest BCUT2D eigenvalue weighted by atomic mass is 19.1. The molecule has 182 valence electrons. The molecule has 1 aliphatic rings. The predicted molar refractivity (Wildman–Crippen MR) is 134 cm³/mol. The Labute approximate surface area is 205 Å². The average Bonchev–Trinajstić information content (AvgIpc) is 2.90. The first kappa shape index (κ1) is 24.4. The highest BCUT2D eigenvalue weighted by Crippen LogP contribution is 2.29. The quantitative estimate of drug-likeness (QED) is 0.438. The number of nitrogens with zero attached hydrogens (tertiary/aromatic N) is 5. The molecule has 0 bridgehead atoms. The lowest BCUT2D eigenvalue weighted by atomic mass is 10.0. The monoisotopic (exact) mass is 475 g/mol. The number of ether oxygens (including phenoxy) is 1. The van der Waals surface area contributed by atoms with Crippen LogP contribution in [-0.4, -0.2) is 48.7 Å². The number of piperazine rings is 1. The zero-order valence-corrected chi connectivity index (χ0v) is 20.2. The fourth-order valence-corrected chi connectivity index (χ4v) is 4.29. The van der Waals surface area contributed by atoms with E-state index in [-0.39, 0.29) is 18.3 Å². The Balaban J connectivity index is 1.60. The number of hydrogen-bond acceptors (Lipinski definition) is 7. The molecule has 8 heteroatoms. The Morgan fingerprint density at radius 1 is 1.00 bits per heavy atom. The maximum atomic E-state index is 13.3. The number of carbonyl (C=O) groups is 1. The Bertz CT molecular complexity index is 1200. The van der Waals surface area contributed by atoms with E-state index in [0.29, 0.717) is 48.7 Å². The van der Waals surface area contributed by atoms with E-state index in [9.17, 15) is 14.4 Å². The molecule has 0 aliphatic carbocycles. The van der Waals surface area contributed by atoms with Crippen LogP contribution in [0, 0.1) is 23.1 Å². The van der Waals surface area contributed by atoms with Crippen LogP contribution in [0.25, 0.3) is 11.0 Å². The van der Waals surface area contributed by atoms with Crippen molar-refractivity contribution < 1.29 is 13.9 Å². The SMILES string of the molecule is CCC(CC)COC(=O)[C@H](C#N)c1nc2ccccc2nc1N1CCN(c2ccc(F)cc2)CC1. The third kappa shape index (κ3) is 5.51. The largest absolute Gasteiger partial charge is 0.464 e. The summed E-state index contributed by atoms with van der Waals surface area (Å²) in [6.07, 6.45) is 1.81. The van der Waals surface area contributed by atoms with E-state index in [0.717, 1.165) is 18.5 Å². The second-order valence-electron chi connectivity index (χ2n) is 8.75. The van der Waals surface area contributed by atoms with E-state index in [4.69, 9.17) is 14.7 Å². The van der Waals surface area contributed by atoms with Crippen molar-refractivity contribution in [1.82, 2.24) is 9.97 Å². The highest BCUT2D eigenvalue weighted by molar-refractivity contribution is 5.85. The first-order valence-electron chi connectivity index (χ1n) is 12.1. The van der Waals surface area contributed by atoms with Gasteiger partial charge in [-0.3, -0.25) is 4.79 Å². The number of hydrogen-bond donors (Lipinski definition) is 0. The van der Waals surface area contributed by atoms with Gasteiger partial charge in [-0.25, -0.2) is 14.4 Å². The Morgan fingerprint density at radius 3 is 2.20 bits per heavy atom. The van der Waals surface area contributed by atoms with Gasteiger partial charge in [0.1, 0.15) is 11.5 Å². The molecule has 0 spiro atoms. The summed E-state index contributed by atoms with van der Waals surface area (Å²) in [6.45, 7) is 7.03. The van der Waals surface area contributed by atoms with Gasteiger partial charge in [-0.05, 0) is 42.3 Å². The molecule has 0 amide bonds. The minimum Gasteiger partial charge on any atom is -0.464 e. The van der Waals surface area contributed by atoms with Crippen LogP contribution >= 0.6 is 0 Å². The van der Waals surface area contributed by atoms with Crippen LogP contribution in [0.3, 0.4) is 0 Å². The number of carbonyl (C=O) groups excluding carboxylic acids is 1. The minimum atomic E-state index is -1.16. The summed E-state index contributed by atoms with van der Waals surface area (Å²) in [7, 11) is 0. The van der Waals surface area contributed by atoms with Crippen molar-refractivity contribution in [2.24, 2.45) is 5.92 Å². The third-order valence-corrected chi connectivity index (χ3v) is 6.60. The maximum absolute atomic E-state index is 13.3. The Morgan fingerprint density at radius 2 is 1.60 bits per heavy atom. The Hall–Kier alpha value is -3.73. The molecule has 3 aromatic rings. The van der Waals surface area contributed by atoms with Crippen LogP contribution < -0.4 is 9.80 Å². The number of aromatic nitrogens is 2. The molecular formula is C27H30FN5O2. The van der Waals surface area contributed by atoms with Gasteiger partial charge in [0.25, 0.3) is 0 Å². The second-order valence-corrected chi connectivity index (χ2v) is 8.75. The lowest BCUT2D eigenvalue weighted by Crippen LogP contribution is -2.47. The van der Waals surface area contributed by atoms with Crippen LogP contribution in [0.1, 0.15) is 38.3 Å². The van der Waals surface area contributed by atoms with Crippen molar-refractivity contribution in [2.45, 2.75) is 32.6 Å². The summed E-state index contributed by atoms with van der Waals surface area (Å²) in [5, 5.41) is 9.96. The van der Waals surface area contributed by atoms with E-state index < -0.39 is 11.9 Å². The molecule has 7 nitrogen and oxygen atoms in total. The summed E-state index contributed by atoms with van der Waals surface area (Å²) in [6, 6.07) is 16.0. The van der Waals surface area contributed by atoms with Crippen LogP contribution in [-0.2, 0) is 9.53 Å². The van der Waals surface area contributed by atoms with Crippen LogP contribution in [0.15, 0.2) is 48.5 Å². The second kappa shape index (κ2) is 11.1.